The molecule has 0 spiro atoms. The van der Waals surface area contributed by atoms with E-state index in [1.165, 1.54) is 12.1 Å². The van der Waals surface area contributed by atoms with Crippen molar-refractivity contribution in [2.75, 3.05) is 12.0 Å². The van der Waals surface area contributed by atoms with E-state index in [1.807, 2.05) is 18.2 Å². The number of hydrogen-bond acceptors (Lipinski definition) is 3. The zero-order valence-electron chi connectivity index (χ0n) is 11.5. The van der Waals surface area contributed by atoms with Crippen LogP contribution in [0.25, 0.3) is 0 Å². The van der Waals surface area contributed by atoms with Crippen molar-refractivity contribution in [3.05, 3.63) is 59.1 Å². The molecule has 0 heterocycles. The van der Waals surface area contributed by atoms with Crippen LogP contribution < -0.4 is 0 Å². The summed E-state index contributed by atoms with van der Waals surface area (Å²) in [5, 5.41) is 0.668. The van der Waals surface area contributed by atoms with Crippen LogP contribution in [0.4, 0.5) is 0 Å². The summed E-state index contributed by atoms with van der Waals surface area (Å²) < 4.78 is 35.0. The smallest absolute Gasteiger partial charge is 0.175 e. The minimum absolute atomic E-state index is 0.231. The van der Waals surface area contributed by atoms with E-state index in [2.05, 4.69) is 0 Å². The van der Waals surface area contributed by atoms with E-state index in [1.54, 1.807) is 18.2 Å². The number of benzene rings is 2. The molecule has 0 aromatic heterocycles. The average molecular weight is 343 g/mol. The Morgan fingerprint density at radius 1 is 1.05 bits per heavy atom. The summed E-state index contributed by atoms with van der Waals surface area (Å²) in [7, 11) is -4.40. The molecule has 0 aliphatic rings. The lowest BCUT2D eigenvalue weighted by atomic mass is 10.2. The van der Waals surface area contributed by atoms with Gasteiger partial charge in [-0.15, -0.1) is 0 Å². The molecule has 0 saturated heterocycles. The van der Waals surface area contributed by atoms with Crippen molar-refractivity contribution in [1.82, 2.24) is 0 Å². The second-order valence-electron chi connectivity index (χ2n) is 4.63. The third-order valence-electron chi connectivity index (χ3n) is 3.03. The maximum Gasteiger partial charge on any atom is 0.175 e. The van der Waals surface area contributed by atoms with Crippen molar-refractivity contribution in [3.8, 4) is 0 Å². The molecular weight excluding hydrogens is 328 g/mol. The first-order valence-corrected chi connectivity index (χ1v) is 9.88. The Kier molecular flexibility index (Phi) is 5.19. The van der Waals surface area contributed by atoms with Crippen molar-refractivity contribution in [3.63, 3.8) is 0 Å². The van der Waals surface area contributed by atoms with Gasteiger partial charge >= 0.3 is 0 Å². The lowest BCUT2D eigenvalue weighted by Gasteiger charge is -2.05. The molecule has 2 aromatic rings. The molecule has 0 unspecified atom stereocenters. The molecule has 21 heavy (non-hydrogen) atoms. The Bertz CT molecular complexity index is 753. The van der Waals surface area contributed by atoms with E-state index in [0.29, 0.717) is 22.1 Å². The van der Waals surface area contributed by atoms with Gasteiger partial charge in [0.05, 0.1) is 15.7 Å². The van der Waals surface area contributed by atoms with E-state index < -0.39 is 20.6 Å². The molecule has 0 aliphatic carbocycles. The van der Waals surface area contributed by atoms with Crippen molar-refractivity contribution in [2.45, 2.75) is 16.2 Å². The summed E-state index contributed by atoms with van der Waals surface area (Å²) in [4.78, 5) is 0.851. The molecule has 6 heteroatoms. The highest BCUT2D eigenvalue weighted by atomic mass is 35.5. The lowest BCUT2D eigenvalue weighted by Crippen LogP contribution is -2.03. The normalized spacial score (nSPS) is 13.0. The summed E-state index contributed by atoms with van der Waals surface area (Å²) in [5.41, 5.74) is 0.959. The van der Waals surface area contributed by atoms with Crippen molar-refractivity contribution in [1.29, 1.82) is 0 Å². The summed E-state index contributed by atoms with van der Waals surface area (Å²) in [6, 6.07) is 13.6. The van der Waals surface area contributed by atoms with Crippen molar-refractivity contribution >= 4 is 32.2 Å². The number of sulfone groups is 1. The zero-order chi connectivity index (χ0) is 15.5. The molecule has 0 fully saturated rings. The van der Waals surface area contributed by atoms with Gasteiger partial charge in [0, 0.05) is 21.9 Å². The van der Waals surface area contributed by atoms with Crippen LogP contribution in [0.1, 0.15) is 5.56 Å². The number of halogens is 1. The second-order valence-corrected chi connectivity index (χ2v) is 8.63. The Morgan fingerprint density at radius 3 is 2.24 bits per heavy atom. The monoisotopic (exact) mass is 342 g/mol. The van der Waals surface area contributed by atoms with Gasteiger partial charge in [-0.25, -0.2) is 8.42 Å². The van der Waals surface area contributed by atoms with Crippen LogP contribution in [0.2, 0.25) is 5.02 Å². The summed E-state index contributed by atoms with van der Waals surface area (Å²) in [6.07, 6.45) is 1.76. The van der Waals surface area contributed by atoms with Gasteiger partial charge in [-0.1, -0.05) is 29.8 Å². The number of rotatable bonds is 5. The lowest BCUT2D eigenvalue weighted by molar-refractivity contribution is 0.601. The molecule has 2 rings (SSSR count). The van der Waals surface area contributed by atoms with Crippen LogP contribution in [-0.2, 0) is 27.1 Å². The molecular formula is C15H15ClO3S2. The maximum atomic E-state index is 12.2. The molecule has 0 radical (unpaired) electrons. The second kappa shape index (κ2) is 6.73. The van der Waals surface area contributed by atoms with Gasteiger partial charge in [-0.3, -0.25) is 4.21 Å². The maximum absolute atomic E-state index is 12.2. The first-order chi connectivity index (χ1) is 9.88. The summed E-state index contributed by atoms with van der Waals surface area (Å²) in [6.45, 7) is 0. The van der Waals surface area contributed by atoms with E-state index in [4.69, 9.17) is 11.6 Å². The Balaban J connectivity index is 2.06. The number of hydrogen-bond donors (Lipinski definition) is 0. The van der Waals surface area contributed by atoms with Crippen LogP contribution in [-0.4, -0.2) is 24.6 Å². The third-order valence-corrected chi connectivity index (χ3v) is 5.90. The molecule has 2 aromatic carbocycles. The van der Waals surface area contributed by atoms with E-state index >= 15 is 0 Å². The van der Waals surface area contributed by atoms with Gasteiger partial charge in [0.2, 0.25) is 0 Å². The molecule has 0 amide bonds. The molecule has 0 bridgehead atoms. The Hall–Kier alpha value is -1.17. The predicted octanol–water partition coefficient (Wildman–Crippen LogP) is 3.09. The zero-order valence-corrected chi connectivity index (χ0v) is 13.8. The standard InChI is InChI=1S/C15H15ClO3S2/c1-21(18,19)14-8-6-13(7-9-14)20(17)11-10-12-4-2-3-5-15(12)16/h2-9H,10-11H2,1H3/t20-/m1/s1. The van der Waals surface area contributed by atoms with Gasteiger partial charge in [-0.05, 0) is 42.3 Å². The fourth-order valence-corrected chi connectivity index (χ4v) is 3.80. The Morgan fingerprint density at radius 2 is 1.67 bits per heavy atom. The van der Waals surface area contributed by atoms with Gasteiger partial charge < -0.3 is 0 Å². The largest absolute Gasteiger partial charge is 0.254 e. The fraction of sp³-hybridized carbons (Fsp3) is 0.200. The van der Waals surface area contributed by atoms with E-state index in [9.17, 15) is 12.6 Å². The minimum atomic E-state index is -3.22. The summed E-state index contributed by atoms with van der Waals surface area (Å²) in [5.74, 6) is 0.446. The van der Waals surface area contributed by atoms with Gasteiger partial charge in [0.1, 0.15) is 0 Å². The highest BCUT2D eigenvalue weighted by Gasteiger charge is 2.10. The first-order valence-electron chi connectivity index (χ1n) is 6.30. The number of aryl methyl sites for hydroxylation is 1. The van der Waals surface area contributed by atoms with Crippen molar-refractivity contribution < 1.29 is 12.6 Å². The van der Waals surface area contributed by atoms with Crippen LogP contribution in [0, 0.1) is 0 Å². The molecule has 0 aliphatic heterocycles. The average Bonchev–Trinajstić information content (AvgIpc) is 2.45. The SMILES string of the molecule is CS(=O)(=O)c1ccc([S@](=O)CCc2ccccc2Cl)cc1. The van der Waals surface area contributed by atoms with Crippen molar-refractivity contribution in [2.24, 2.45) is 0 Å². The highest BCUT2D eigenvalue weighted by molar-refractivity contribution is 7.90. The molecule has 0 N–H and O–H groups in total. The van der Waals surface area contributed by atoms with Gasteiger partial charge in [-0.2, -0.15) is 0 Å². The summed E-state index contributed by atoms with van der Waals surface area (Å²) >= 11 is 6.06. The molecule has 0 saturated carbocycles. The van der Waals surface area contributed by atoms with E-state index in [0.717, 1.165) is 11.8 Å². The van der Waals surface area contributed by atoms with Crippen LogP contribution >= 0.6 is 11.6 Å². The first kappa shape index (κ1) is 16.2. The predicted molar refractivity (Wildman–Crippen MR) is 86.0 cm³/mol. The van der Waals surface area contributed by atoms with Crippen LogP contribution in [0.5, 0.6) is 0 Å². The molecule has 3 nitrogen and oxygen atoms in total. The quantitative estimate of drug-likeness (QED) is 0.839. The van der Waals surface area contributed by atoms with Gasteiger partial charge in [0.15, 0.2) is 9.84 Å². The fourth-order valence-electron chi connectivity index (χ4n) is 1.86. The topological polar surface area (TPSA) is 51.2 Å². The Labute approximate surface area is 132 Å². The van der Waals surface area contributed by atoms with Gasteiger partial charge in [0.25, 0.3) is 0 Å². The van der Waals surface area contributed by atoms with Crippen LogP contribution in [0.15, 0.2) is 58.3 Å². The molecule has 1 atom stereocenters. The van der Waals surface area contributed by atoms with E-state index in [-0.39, 0.29) is 4.90 Å². The molecule has 112 valence electrons. The highest BCUT2D eigenvalue weighted by Crippen LogP contribution is 2.18. The third kappa shape index (κ3) is 4.40. The minimum Gasteiger partial charge on any atom is -0.254 e. The van der Waals surface area contributed by atoms with Crippen LogP contribution in [0.3, 0.4) is 0 Å².